The summed E-state index contributed by atoms with van der Waals surface area (Å²) in [6, 6.07) is 1.87. The largest absolute Gasteiger partial charge is 0.229 e. The van der Waals surface area contributed by atoms with Gasteiger partial charge in [-0.15, -0.1) is 22.9 Å². The normalized spacial score (nSPS) is 16.6. The van der Waals surface area contributed by atoms with Gasteiger partial charge in [-0.25, -0.2) is 8.42 Å². The Morgan fingerprint density at radius 1 is 1.57 bits per heavy atom. The molecule has 0 saturated heterocycles. The quantitative estimate of drug-likeness (QED) is 0.802. The second-order valence-corrected chi connectivity index (χ2v) is 7.74. The first-order chi connectivity index (χ1) is 6.34. The molecule has 2 nitrogen and oxygen atoms in total. The number of rotatable bonds is 3. The van der Waals surface area contributed by atoms with Crippen molar-refractivity contribution in [1.29, 1.82) is 0 Å². The minimum atomic E-state index is -3.09. The maximum Gasteiger partial charge on any atom is 0.151 e. The SMILES string of the molecule is CC(C(Cl)c1sccc1Br)S(C)(=O)=O. The Hall–Kier alpha value is 0.420. The molecule has 0 amide bonds. The first kappa shape index (κ1) is 12.5. The van der Waals surface area contributed by atoms with E-state index in [-0.39, 0.29) is 0 Å². The summed E-state index contributed by atoms with van der Waals surface area (Å²) < 4.78 is 23.4. The Kier molecular flexibility index (Phi) is 4.03. The van der Waals surface area contributed by atoms with Gasteiger partial charge >= 0.3 is 0 Å². The molecule has 2 atom stereocenters. The predicted octanol–water partition coefficient (Wildman–Crippen LogP) is 3.22. The van der Waals surface area contributed by atoms with Crippen molar-refractivity contribution >= 4 is 48.7 Å². The fourth-order valence-electron chi connectivity index (χ4n) is 0.932. The summed E-state index contributed by atoms with van der Waals surface area (Å²) in [6.45, 7) is 1.62. The molecule has 0 radical (unpaired) electrons. The highest BCUT2D eigenvalue weighted by Gasteiger charge is 2.27. The fraction of sp³-hybridized carbons (Fsp3) is 0.500. The number of hydrogen-bond acceptors (Lipinski definition) is 3. The average Bonchev–Trinajstić information content (AvgIpc) is 2.47. The van der Waals surface area contributed by atoms with Gasteiger partial charge in [0.15, 0.2) is 9.84 Å². The number of hydrogen-bond donors (Lipinski definition) is 0. The summed E-state index contributed by atoms with van der Waals surface area (Å²) in [7, 11) is -3.09. The van der Waals surface area contributed by atoms with Gasteiger partial charge in [0.1, 0.15) is 0 Å². The van der Waals surface area contributed by atoms with Crippen molar-refractivity contribution in [3.63, 3.8) is 0 Å². The minimum Gasteiger partial charge on any atom is -0.229 e. The van der Waals surface area contributed by atoms with Crippen LogP contribution in [-0.4, -0.2) is 19.9 Å². The molecule has 6 heteroatoms. The third-order valence-corrected chi connectivity index (χ3v) is 6.43. The van der Waals surface area contributed by atoms with Crippen LogP contribution in [0.3, 0.4) is 0 Å². The molecule has 14 heavy (non-hydrogen) atoms. The molecular weight excluding hydrogens is 308 g/mol. The van der Waals surface area contributed by atoms with Gasteiger partial charge in [0.25, 0.3) is 0 Å². The van der Waals surface area contributed by atoms with Crippen molar-refractivity contribution in [2.75, 3.05) is 6.26 Å². The van der Waals surface area contributed by atoms with Gasteiger partial charge in [0.05, 0.1) is 10.6 Å². The minimum absolute atomic E-state index is 0.487. The maximum absolute atomic E-state index is 11.3. The van der Waals surface area contributed by atoms with Crippen LogP contribution in [-0.2, 0) is 9.84 Å². The van der Waals surface area contributed by atoms with Crippen LogP contribution in [0.1, 0.15) is 17.2 Å². The number of alkyl halides is 1. The highest BCUT2D eigenvalue weighted by molar-refractivity contribution is 9.10. The molecule has 0 N–H and O–H groups in total. The highest BCUT2D eigenvalue weighted by atomic mass is 79.9. The molecule has 2 unspecified atom stereocenters. The lowest BCUT2D eigenvalue weighted by molar-refractivity contribution is 0.587. The Morgan fingerprint density at radius 2 is 2.14 bits per heavy atom. The van der Waals surface area contributed by atoms with E-state index < -0.39 is 20.5 Å². The Labute approximate surface area is 101 Å². The van der Waals surface area contributed by atoms with Crippen LogP contribution >= 0.6 is 38.9 Å². The molecular formula is C8H10BrClO2S2. The van der Waals surface area contributed by atoms with Crippen molar-refractivity contribution in [1.82, 2.24) is 0 Å². The molecule has 0 aliphatic heterocycles. The molecule has 0 bridgehead atoms. The van der Waals surface area contributed by atoms with Crippen LogP contribution in [0.25, 0.3) is 0 Å². The van der Waals surface area contributed by atoms with Gasteiger partial charge in [0, 0.05) is 15.6 Å². The Balaban J connectivity index is 2.97. The zero-order chi connectivity index (χ0) is 10.9. The molecule has 0 fully saturated rings. The maximum atomic E-state index is 11.3. The first-order valence-corrected chi connectivity index (χ1v) is 7.96. The molecule has 1 aromatic heterocycles. The lowest BCUT2D eigenvalue weighted by Crippen LogP contribution is -2.20. The second-order valence-electron chi connectivity index (χ2n) is 3.07. The summed E-state index contributed by atoms with van der Waals surface area (Å²) in [4.78, 5) is 0.865. The molecule has 80 valence electrons. The Bertz CT molecular complexity index is 413. The van der Waals surface area contributed by atoms with Gasteiger partial charge in [-0.1, -0.05) is 0 Å². The molecule has 0 aromatic carbocycles. The van der Waals surface area contributed by atoms with Crippen molar-refractivity contribution in [3.8, 4) is 0 Å². The van der Waals surface area contributed by atoms with Crippen molar-refractivity contribution < 1.29 is 8.42 Å². The summed E-state index contributed by atoms with van der Waals surface area (Å²) >= 11 is 10.9. The van der Waals surface area contributed by atoms with Crippen LogP contribution in [0.5, 0.6) is 0 Å². The van der Waals surface area contributed by atoms with E-state index in [1.807, 2.05) is 11.4 Å². The van der Waals surface area contributed by atoms with Crippen molar-refractivity contribution in [2.24, 2.45) is 0 Å². The lowest BCUT2D eigenvalue weighted by atomic mass is 10.3. The van der Waals surface area contributed by atoms with E-state index in [2.05, 4.69) is 15.9 Å². The van der Waals surface area contributed by atoms with Gasteiger partial charge in [-0.05, 0) is 34.3 Å². The second kappa shape index (κ2) is 4.51. The van der Waals surface area contributed by atoms with Crippen LogP contribution in [0, 0.1) is 0 Å². The lowest BCUT2D eigenvalue weighted by Gasteiger charge is -2.15. The van der Waals surface area contributed by atoms with Crippen molar-refractivity contribution in [3.05, 3.63) is 20.8 Å². The zero-order valence-corrected chi connectivity index (χ0v) is 11.7. The fourth-order valence-corrected chi connectivity index (χ4v) is 4.25. The topological polar surface area (TPSA) is 34.1 Å². The first-order valence-electron chi connectivity index (χ1n) is 3.90. The Morgan fingerprint density at radius 3 is 2.50 bits per heavy atom. The molecule has 0 saturated carbocycles. The summed E-state index contributed by atoms with van der Waals surface area (Å²) in [6.07, 6.45) is 1.20. The van der Waals surface area contributed by atoms with E-state index in [0.29, 0.717) is 0 Å². The van der Waals surface area contributed by atoms with Crippen LogP contribution < -0.4 is 0 Å². The molecule has 1 aromatic rings. The van der Waals surface area contributed by atoms with Crippen LogP contribution in [0.15, 0.2) is 15.9 Å². The van der Waals surface area contributed by atoms with E-state index >= 15 is 0 Å². The van der Waals surface area contributed by atoms with Gasteiger partial charge in [-0.3, -0.25) is 0 Å². The van der Waals surface area contributed by atoms with Gasteiger partial charge in [-0.2, -0.15) is 0 Å². The van der Waals surface area contributed by atoms with E-state index in [0.717, 1.165) is 9.35 Å². The number of sulfone groups is 1. The van der Waals surface area contributed by atoms with E-state index in [4.69, 9.17) is 11.6 Å². The summed E-state index contributed by atoms with van der Waals surface area (Å²) in [5.41, 5.74) is 0. The monoisotopic (exact) mass is 316 g/mol. The summed E-state index contributed by atoms with van der Waals surface area (Å²) in [5, 5.41) is 0.822. The van der Waals surface area contributed by atoms with E-state index in [9.17, 15) is 8.42 Å². The summed E-state index contributed by atoms with van der Waals surface area (Å²) in [5.74, 6) is 0. The van der Waals surface area contributed by atoms with Crippen molar-refractivity contribution in [2.45, 2.75) is 17.6 Å². The zero-order valence-electron chi connectivity index (χ0n) is 7.70. The standard InChI is InChI=1S/C8H10BrClO2S2/c1-5(14(2,11)12)7(10)8-6(9)3-4-13-8/h3-5,7H,1-2H3. The molecule has 0 spiro atoms. The van der Waals surface area contributed by atoms with Crippen LogP contribution in [0.2, 0.25) is 0 Å². The number of thiophene rings is 1. The molecule has 1 rings (SSSR count). The van der Waals surface area contributed by atoms with Gasteiger partial charge < -0.3 is 0 Å². The van der Waals surface area contributed by atoms with Crippen LogP contribution in [0.4, 0.5) is 0 Å². The third kappa shape index (κ3) is 2.72. The molecule has 0 aliphatic carbocycles. The smallest absolute Gasteiger partial charge is 0.151 e. The van der Waals surface area contributed by atoms with Gasteiger partial charge in [0.2, 0.25) is 0 Å². The molecule has 1 heterocycles. The third-order valence-electron chi connectivity index (χ3n) is 1.98. The van der Waals surface area contributed by atoms with E-state index in [1.165, 1.54) is 17.6 Å². The average molecular weight is 318 g/mol. The predicted molar refractivity (Wildman–Crippen MR) is 64.9 cm³/mol. The molecule has 0 aliphatic rings. The van der Waals surface area contributed by atoms with E-state index in [1.54, 1.807) is 6.92 Å². The number of halogens is 2. The highest BCUT2D eigenvalue weighted by Crippen LogP contribution is 2.37.